The normalized spacial score (nSPS) is 31.9. The van der Waals surface area contributed by atoms with Crippen molar-refractivity contribution in [1.82, 2.24) is 15.5 Å². The molecule has 2 aliphatic heterocycles. The Morgan fingerprint density at radius 2 is 2.05 bits per heavy atom. The summed E-state index contributed by atoms with van der Waals surface area (Å²) in [5.74, 6) is 0.340. The number of hydrogen-bond donors (Lipinski definition) is 2. The number of piperidine rings is 2. The molecule has 2 rings (SSSR count). The zero-order valence-electron chi connectivity index (χ0n) is 11.9. The molecule has 0 radical (unpaired) electrons. The molecule has 0 aliphatic carbocycles. The van der Waals surface area contributed by atoms with Gasteiger partial charge in [0.1, 0.15) is 0 Å². The van der Waals surface area contributed by atoms with Crippen LogP contribution in [0.25, 0.3) is 0 Å². The topological polar surface area (TPSA) is 61.4 Å². The lowest BCUT2D eigenvalue weighted by atomic mass is 9.89. The van der Waals surface area contributed by atoms with Crippen LogP contribution in [0.15, 0.2) is 0 Å². The highest BCUT2D eigenvalue weighted by atomic mass is 16.2. The highest BCUT2D eigenvalue weighted by Gasteiger charge is 2.34. The second-order valence-corrected chi connectivity index (χ2v) is 5.73. The van der Waals surface area contributed by atoms with Gasteiger partial charge in [-0.2, -0.15) is 0 Å². The van der Waals surface area contributed by atoms with Crippen LogP contribution in [0.2, 0.25) is 0 Å². The van der Waals surface area contributed by atoms with Gasteiger partial charge in [0.15, 0.2) is 0 Å². The molecule has 3 unspecified atom stereocenters. The first-order chi connectivity index (χ1) is 9.13. The maximum Gasteiger partial charge on any atom is 0.227 e. The van der Waals surface area contributed by atoms with Gasteiger partial charge < -0.3 is 15.5 Å². The summed E-state index contributed by atoms with van der Waals surface area (Å²) in [5.41, 5.74) is 0. The lowest BCUT2D eigenvalue weighted by Gasteiger charge is -2.37. The van der Waals surface area contributed by atoms with Crippen LogP contribution in [0.5, 0.6) is 0 Å². The Balaban J connectivity index is 1.96. The van der Waals surface area contributed by atoms with Crippen molar-refractivity contribution in [3.05, 3.63) is 0 Å². The second-order valence-electron chi connectivity index (χ2n) is 5.73. The minimum Gasteiger partial charge on any atom is -0.359 e. The van der Waals surface area contributed by atoms with E-state index >= 15 is 0 Å². The Morgan fingerprint density at radius 3 is 2.74 bits per heavy atom. The molecule has 2 heterocycles. The first-order valence-electron chi connectivity index (χ1n) is 7.37. The molecule has 19 heavy (non-hydrogen) atoms. The molecule has 2 N–H and O–H groups in total. The fourth-order valence-corrected chi connectivity index (χ4v) is 3.21. The molecule has 2 saturated heterocycles. The third kappa shape index (κ3) is 3.26. The smallest absolute Gasteiger partial charge is 0.227 e. The molecule has 0 aromatic heterocycles. The van der Waals surface area contributed by atoms with Gasteiger partial charge in [0.05, 0.1) is 11.8 Å². The number of likely N-dealkylation sites (tertiary alicyclic amines) is 1. The fraction of sp³-hybridized carbons (Fsp3) is 0.857. The van der Waals surface area contributed by atoms with E-state index in [1.54, 1.807) is 7.05 Å². The monoisotopic (exact) mass is 267 g/mol. The number of nitrogens with zero attached hydrogens (tertiary/aromatic N) is 1. The van der Waals surface area contributed by atoms with E-state index in [-0.39, 0.29) is 29.7 Å². The summed E-state index contributed by atoms with van der Waals surface area (Å²) in [4.78, 5) is 26.2. The molecule has 5 heteroatoms. The summed E-state index contributed by atoms with van der Waals surface area (Å²) >= 11 is 0. The molecule has 2 aliphatic rings. The summed E-state index contributed by atoms with van der Waals surface area (Å²) in [5, 5.41) is 6.06. The van der Waals surface area contributed by atoms with Crippen LogP contribution in [0, 0.1) is 11.8 Å². The molecule has 2 fully saturated rings. The van der Waals surface area contributed by atoms with Crippen LogP contribution in [0.1, 0.15) is 32.6 Å². The molecule has 3 atom stereocenters. The Hall–Kier alpha value is -1.10. The number of amides is 2. The van der Waals surface area contributed by atoms with Crippen LogP contribution in [0.3, 0.4) is 0 Å². The van der Waals surface area contributed by atoms with E-state index in [4.69, 9.17) is 0 Å². The lowest BCUT2D eigenvalue weighted by Crippen LogP contribution is -2.52. The number of rotatable bonds is 2. The first-order valence-corrected chi connectivity index (χ1v) is 7.37. The molecular formula is C14H25N3O2. The van der Waals surface area contributed by atoms with Crippen LogP contribution in [-0.2, 0) is 9.59 Å². The summed E-state index contributed by atoms with van der Waals surface area (Å²) in [6.07, 6.45) is 3.85. The van der Waals surface area contributed by atoms with E-state index in [9.17, 15) is 9.59 Å². The van der Waals surface area contributed by atoms with Gasteiger partial charge >= 0.3 is 0 Å². The van der Waals surface area contributed by atoms with Gasteiger partial charge in [0.2, 0.25) is 11.8 Å². The fourth-order valence-electron chi connectivity index (χ4n) is 3.21. The van der Waals surface area contributed by atoms with Crippen molar-refractivity contribution in [1.29, 1.82) is 0 Å². The molecule has 0 spiro atoms. The Kier molecular flexibility index (Phi) is 4.80. The van der Waals surface area contributed by atoms with Gasteiger partial charge in [0, 0.05) is 26.2 Å². The first kappa shape index (κ1) is 14.3. The minimum absolute atomic E-state index is 0.0328. The zero-order valence-corrected chi connectivity index (χ0v) is 11.9. The molecule has 0 saturated carbocycles. The maximum atomic E-state index is 12.6. The van der Waals surface area contributed by atoms with Crippen LogP contribution >= 0.6 is 0 Å². The Labute approximate surface area is 115 Å². The number of carbonyl (C=O) groups is 2. The maximum absolute atomic E-state index is 12.6. The largest absolute Gasteiger partial charge is 0.359 e. The van der Waals surface area contributed by atoms with Crippen molar-refractivity contribution in [2.75, 3.05) is 26.7 Å². The zero-order chi connectivity index (χ0) is 13.8. The van der Waals surface area contributed by atoms with Crippen molar-refractivity contribution in [3.63, 3.8) is 0 Å². The van der Waals surface area contributed by atoms with Gasteiger partial charge in [-0.05, 0) is 39.2 Å². The number of hydrogen-bond acceptors (Lipinski definition) is 3. The second kappa shape index (κ2) is 6.37. The predicted octanol–water partition coefficient (Wildman–Crippen LogP) is 0.359. The van der Waals surface area contributed by atoms with Crippen LogP contribution in [-0.4, -0.2) is 49.4 Å². The van der Waals surface area contributed by atoms with Gasteiger partial charge in [-0.3, -0.25) is 9.59 Å². The van der Waals surface area contributed by atoms with Crippen molar-refractivity contribution in [2.24, 2.45) is 11.8 Å². The summed E-state index contributed by atoms with van der Waals surface area (Å²) in [6.45, 7) is 4.48. The average Bonchev–Trinajstić information content (AvgIpc) is 2.46. The third-order valence-electron chi connectivity index (χ3n) is 4.43. The quantitative estimate of drug-likeness (QED) is 0.759. The van der Waals surface area contributed by atoms with Crippen molar-refractivity contribution in [3.8, 4) is 0 Å². The molecule has 0 bridgehead atoms. The predicted molar refractivity (Wildman–Crippen MR) is 73.6 cm³/mol. The van der Waals surface area contributed by atoms with E-state index < -0.39 is 0 Å². The average molecular weight is 267 g/mol. The van der Waals surface area contributed by atoms with E-state index in [1.165, 1.54) is 0 Å². The third-order valence-corrected chi connectivity index (χ3v) is 4.43. The SMILES string of the molecule is CNC(=O)C1CCCN(C(=O)C2CCCNC2C)C1. The van der Waals surface area contributed by atoms with Crippen LogP contribution < -0.4 is 10.6 Å². The van der Waals surface area contributed by atoms with E-state index in [1.807, 2.05) is 4.90 Å². The van der Waals surface area contributed by atoms with Crippen LogP contribution in [0.4, 0.5) is 0 Å². The van der Waals surface area contributed by atoms with Crippen molar-refractivity contribution < 1.29 is 9.59 Å². The number of nitrogens with one attached hydrogen (secondary N) is 2. The molecular weight excluding hydrogens is 242 g/mol. The molecule has 0 aromatic rings. The Bertz CT molecular complexity index is 346. The van der Waals surface area contributed by atoms with Crippen molar-refractivity contribution in [2.45, 2.75) is 38.6 Å². The van der Waals surface area contributed by atoms with Gasteiger partial charge in [0.25, 0.3) is 0 Å². The summed E-state index contributed by atoms with van der Waals surface area (Å²) in [6, 6.07) is 0.252. The molecule has 2 amide bonds. The van der Waals surface area contributed by atoms with Gasteiger partial charge in [-0.1, -0.05) is 0 Å². The standard InChI is InChI=1S/C14H25N3O2/c1-10-12(6-3-7-16-10)14(19)17-8-4-5-11(9-17)13(18)15-2/h10-12,16H,3-9H2,1-2H3,(H,15,18). The summed E-state index contributed by atoms with van der Waals surface area (Å²) < 4.78 is 0. The Morgan fingerprint density at radius 1 is 1.26 bits per heavy atom. The number of carbonyl (C=O) groups excluding carboxylic acids is 2. The highest BCUT2D eigenvalue weighted by Crippen LogP contribution is 2.23. The molecule has 0 aromatic carbocycles. The van der Waals surface area contributed by atoms with E-state index in [2.05, 4.69) is 17.6 Å². The van der Waals surface area contributed by atoms with Crippen molar-refractivity contribution >= 4 is 11.8 Å². The molecule has 108 valence electrons. The lowest BCUT2D eigenvalue weighted by molar-refractivity contribution is -0.140. The highest BCUT2D eigenvalue weighted by molar-refractivity contribution is 5.82. The molecule has 5 nitrogen and oxygen atoms in total. The summed E-state index contributed by atoms with van der Waals surface area (Å²) in [7, 11) is 1.66. The van der Waals surface area contributed by atoms with Gasteiger partial charge in [-0.15, -0.1) is 0 Å². The van der Waals surface area contributed by atoms with E-state index in [0.717, 1.165) is 38.8 Å². The van der Waals surface area contributed by atoms with E-state index in [0.29, 0.717) is 6.54 Å². The minimum atomic E-state index is -0.0328. The van der Waals surface area contributed by atoms with Gasteiger partial charge in [-0.25, -0.2) is 0 Å².